The van der Waals surface area contributed by atoms with Gasteiger partial charge in [-0.2, -0.15) is 0 Å². The molecule has 2 N–H and O–H groups in total. The Kier molecular flexibility index (Phi) is 5.76. The van der Waals surface area contributed by atoms with Crippen LogP contribution in [-0.2, 0) is 18.3 Å². The van der Waals surface area contributed by atoms with Crippen molar-refractivity contribution in [3.8, 4) is 0 Å². The number of hydrogen-bond donors (Lipinski definition) is 2. The predicted octanol–water partition coefficient (Wildman–Crippen LogP) is 3.04. The summed E-state index contributed by atoms with van der Waals surface area (Å²) >= 11 is 6.13. The molecule has 0 spiro atoms. The van der Waals surface area contributed by atoms with Crippen molar-refractivity contribution >= 4 is 45.4 Å². The van der Waals surface area contributed by atoms with E-state index in [1.54, 1.807) is 19.3 Å². The standard InChI is InChI=1S/C24H25ClN6O2/c1-30-21-20(5-2-9-26-21)29-22(24(30)33)31-11-3-4-16(14-31)23(32)27-10-8-15-13-28-19-7-6-17(25)12-18(15)19/h2,5-7,9,12-13,16,28H,3-4,8,10-11,14H2,1H3,(H,27,32). The third kappa shape index (κ3) is 4.18. The molecule has 4 heterocycles. The molecule has 1 aliphatic heterocycles. The Balaban J connectivity index is 1.26. The van der Waals surface area contributed by atoms with Crippen molar-refractivity contribution in [2.45, 2.75) is 19.3 Å². The number of hydrogen-bond acceptors (Lipinski definition) is 5. The molecule has 9 heteroatoms. The summed E-state index contributed by atoms with van der Waals surface area (Å²) in [4.78, 5) is 39.8. The molecule has 8 nitrogen and oxygen atoms in total. The highest BCUT2D eigenvalue weighted by Crippen LogP contribution is 2.23. The van der Waals surface area contributed by atoms with Crippen molar-refractivity contribution in [3.05, 3.63) is 63.7 Å². The average Bonchev–Trinajstić information content (AvgIpc) is 3.23. The topological polar surface area (TPSA) is 95.9 Å². The molecule has 1 unspecified atom stereocenters. The van der Waals surface area contributed by atoms with Gasteiger partial charge >= 0.3 is 0 Å². The van der Waals surface area contributed by atoms with E-state index in [-0.39, 0.29) is 17.4 Å². The van der Waals surface area contributed by atoms with Crippen LogP contribution in [0.1, 0.15) is 18.4 Å². The lowest BCUT2D eigenvalue weighted by molar-refractivity contribution is -0.125. The summed E-state index contributed by atoms with van der Waals surface area (Å²) < 4.78 is 1.52. The normalized spacial score (nSPS) is 16.4. The van der Waals surface area contributed by atoms with Gasteiger partial charge in [0, 0.05) is 55.0 Å². The first-order valence-corrected chi connectivity index (χ1v) is 11.5. The number of amides is 1. The van der Waals surface area contributed by atoms with Crippen LogP contribution in [0.5, 0.6) is 0 Å². The van der Waals surface area contributed by atoms with Gasteiger partial charge in [0.1, 0.15) is 5.52 Å². The number of benzene rings is 1. The molecule has 1 aromatic carbocycles. The highest BCUT2D eigenvalue weighted by atomic mass is 35.5. The Labute approximate surface area is 195 Å². The molecule has 0 bridgehead atoms. The number of carbonyl (C=O) groups is 1. The number of nitrogens with one attached hydrogen (secondary N) is 2. The molecule has 0 radical (unpaired) electrons. The smallest absolute Gasteiger partial charge is 0.294 e. The van der Waals surface area contributed by atoms with Gasteiger partial charge in [-0.05, 0) is 55.2 Å². The third-order valence-corrected chi connectivity index (χ3v) is 6.56. The molecule has 0 aliphatic carbocycles. The van der Waals surface area contributed by atoms with Crippen LogP contribution in [0.25, 0.3) is 22.1 Å². The van der Waals surface area contributed by atoms with Gasteiger partial charge in [0.25, 0.3) is 5.56 Å². The second-order valence-corrected chi connectivity index (χ2v) is 8.91. The van der Waals surface area contributed by atoms with E-state index < -0.39 is 0 Å². The molecule has 5 rings (SSSR count). The lowest BCUT2D eigenvalue weighted by atomic mass is 9.97. The second-order valence-electron chi connectivity index (χ2n) is 8.48. The quantitative estimate of drug-likeness (QED) is 0.473. The van der Waals surface area contributed by atoms with Crippen molar-refractivity contribution in [2.24, 2.45) is 13.0 Å². The molecule has 0 saturated carbocycles. The summed E-state index contributed by atoms with van der Waals surface area (Å²) in [5, 5.41) is 4.84. The van der Waals surface area contributed by atoms with Crippen molar-refractivity contribution in [2.75, 3.05) is 24.5 Å². The van der Waals surface area contributed by atoms with Gasteiger partial charge in [0.15, 0.2) is 11.5 Å². The second kappa shape index (κ2) is 8.86. The highest BCUT2D eigenvalue weighted by Gasteiger charge is 2.28. The average molecular weight is 465 g/mol. The Morgan fingerprint density at radius 2 is 2.21 bits per heavy atom. The number of pyridine rings is 1. The SMILES string of the molecule is Cn1c(=O)c(N2CCCC(C(=O)NCCc3c[nH]c4ccc(Cl)cc34)C2)nc2cccnc21. The predicted molar refractivity (Wildman–Crippen MR) is 130 cm³/mol. The summed E-state index contributed by atoms with van der Waals surface area (Å²) in [6.07, 6.45) is 5.94. The van der Waals surface area contributed by atoms with Crippen molar-refractivity contribution in [3.63, 3.8) is 0 Å². The zero-order chi connectivity index (χ0) is 22.9. The summed E-state index contributed by atoms with van der Waals surface area (Å²) in [5.74, 6) is 0.204. The van der Waals surface area contributed by atoms with Crippen molar-refractivity contribution in [1.82, 2.24) is 24.8 Å². The minimum Gasteiger partial charge on any atom is -0.361 e. The molecule has 170 valence electrons. The van der Waals surface area contributed by atoms with Crippen LogP contribution in [0, 0.1) is 5.92 Å². The largest absolute Gasteiger partial charge is 0.361 e. The van der Waals surface area contributed by atoms with Crippen molar-refractivity contribution in [1.29, 1.82) is 0 Å². The van der Waals surface area contributed by atoms with Crippen LogP contribution >= 0.6 is 11.6 Å². The van der Waals surface area contributed by atoms with Gasteiger partial charge in [0.05, 0.1) is 5.92 Å². The van der Waals surface area contributed by atoms with E-state index in [0.717, 1.165) is 29.3 Å². The maximum absolute atomic E-state index is 12.9. The van der Waals surface area contributed by atoms with Gasteiger partial charge in [-0.15, -0.1) is 0 Å². The number of fused-ring (bicyclic) bond motifs is 2. The summed E-state index contributed by atoms with van der Waals surface area (Å²) in [6, 6.07) is 9.40. The van der Waals surface area contributed by atoms with Gasteiger partial charge < -0.3 is 15.2 Å². The fourth-order valence-corrected chi connectivity index (χ4v) is 4.73. The lowest BCUT2D eigenvalue weighted by Crippen LogP contribution is -2.45. The number of carbonyl (C=O) groups excluding carboxylic acids is 1. The molecule has 3 aromatic heterocycles. The first-order chi connectivity index (χ1) is 16.0. The minimum atomic E-state index is -0.194. The van der Waals surface area contributed by atoms with E-state index in [2.05, 4.69) is 20.3 Å². The zero-order valence-electron chi connectivity index (χ0n) is 18.3. The number of aromatic nitrogens is 4. The van der Waals surface area contributed by atoms with Crippen LogP contribution in [-0.4, -0.2) is 45.1 Å². The van der Waals surface area contributed by atoms with E-state index in [1.807, 2.05) is 35.4 Å². The first kappa shape index (κ1) is 21.5. The number of anilines is 1. The highest BCUT2D eigenvalue weighted by molar-refractivity contribution is 6.31. The molecule has 1 atom stereocenters. The van der Waals surface area contributed by atoms with Crippen LogP contribution < -0.4 is 15.8 Å². The molecule has 1 amide bonds. The number of aromatic amines is 1. The number of aryl methyl sites for hydroxylation is 1. The van der Waals surface area contributed by atoms with E-state index in [4.69, 9.17) is 11.6 Å². The number of nitrogens with zero attached hydrogens (tertiary/aromatic N) is 4. The fourth-order valence-electron chi connectivity index (χ4n) is 4.55. The van der Waals surface area contributed by atoms with Crippen LogP contribution in [0.15, 0.2) is 47.5 Å². The van der Waals surface area contributed by atoms with E-state index in [0.29, 0.717) is 48.1 Å². The Hall–Kier alpha value is -3.39. The number of H-pyrrole nitrogens is 1. The first-order valence-electron chi connectivity index (χ1n) is 11.1. The summed E-state index contributed by atoms with van der Waals surface area (Å²) in [6.45, 7) is 1.72. The fraction of sp³-hybridized carbons (Fsp3) is 0.333. The zero-order valence-corrected chi connectivity index (χ0v) is 19.1. The maximum atomic E-state index is 12.9. The third-order valence-electron chi connectivity index (χ3n) is 6.32. The van der Waals surface area contributed by atoms with E-state index >= 15 is 0 Å². The number of rotatable bonds is 5. The molecule has 33 heavy (non-hydrogen) atoms. The van der Waals surface area contributed by atoms with Crippen LogP contribution in [0.2, 0.25) is 5.02 Å². The molecule has 1 aliphatic rings. The molecule has 1 saturated heterocycles. The summed E-state index contributed by atoms with van der Waals surface area (Å²) in [7, 11) is 1.70. The molecule has 4 aromatic rings. The number of piperidine rings is 1. The monoisotopic (exact) mass is 464 g/mol. The maximum Gasteiger partial charge on any atom is 0.294 e. The van der Waals surface area contributed by atoms with Crippen molar-refractivity contribution < 1.29 is 4.79 Å². The Morgan fingerprint density at radius 1 is 1.33 bits per heavy atom. The molecule has 1 fully saturated rings. The minimum absolute atomic E-state index is 0.0110. The van der Waals surface area contributed by atoms with Gasteiger partial charge in [-0.25, -0.2) is 9.97 Å². The molecular formula is C24H25ClN6O2. The number of halogens is 1. The van der Waals surface area contributed by atoms with E-state index in [9.17, 15) is 9.59 Å². The van der Waals surface area contributed by atoms with Crippen LogP contribution in [0.3, 0.4) is 0 Å². The lowest BCUT2D eigenvalue weighted by Gasteiger charge is -2.32. The molecular weight excluding hydrogens is 440 g/mol. The Morgan fingerprint density at radius 3 is 3.09 bits per heavy atom. The van der Waals surface area contributed by atoms with Gasteiger partial charge in [-0.1, -0.05) is 11.6 Å². The summed E-state index contributed by atoms with van der Waals surface area (Å²) in [5.41, 5.74) is 3.18. The van der Waals surface area contributed by atoms with E-state index in [1.165, 1.54) is 4.57 Å². The van der Waals surface area contributed by atoms with Gasteiger partial charge in [0.2, 0.25) is 5.91 Å². The van der Waals surface area contributed by atoms with Crippen LogP contribution in [0.4, 0.5) is 5.82 Å². The Bertz CT molecular complexity index is 1390. The van der Waals surface area contributed by atoms with Gasteiger partial charge in [-0.3, -0.25) is 14.2 Å².